The van der Waals surface area contributed by atoms with Gasteiger partial charge in [-0.3, -0.25) is 4.90 Å². The van der Waals surface area contributed by atoms with Crippen LogP contribution in [0.25, 0.3) is 5.57 Å². The maximum absolute atomic E-state index is 2.44. The van der Waals surface area contributed by atoms with Gasteiger partial charge in [0.15, 0.2) is 0 Å². The summed E-state index contributed by atoms with van der Waals surface area (Å²) in [6, 6.07) is 28.2. The van der Waals surface area contributed by atoms with E-state index in [2.05, 4.69) is 127 Å². The second kappa shape index (κ2) is 10.3. The van der Waals surface area contributed by atoms with Crippen LogP contribution in [0.3, 0.4) is 0 Å². The largest absolute Gasteiger partial charge is 0.358 e. The Morgan fingerprint density at radius 1 is 0.848 bits per heavy atom. The predicted octanol–water partition coefficient (Wildman–Crippen LogP) is 7.59. The number of halogens is 1. The van der Waals surface area contributed by atoms with Crippen molar-refractivity contribution in [3.8, 4) is 0 Å². The van der Waals surface area contributed by atoms with E-state index in [0.717, 1.165) is 13.1 Å². The van der Waals surface area contributed by atoms with E-state index in [4.69, 9.17) is 0 Å². The molecule has 2 aliphatic rings. The molecule has 2 aliphatic heterocycles. The van der Waals surface area contributed by atoms with Crippen LogP contribution in [0.1, 0.15) is 19.4 Å². The van der Waals surface area contributed by atoms with Crippen LogP contribution in [0.4, 0.5) is 17.1 Å². The molecule has 0 saturated carbocycles. The van der Waals surface area contributed by atoms with Crippen molar-refractivity contribution in [2.75, 3.05) is 29.9 Å². The van der Waals surface area contributed by atoms with Crippen LogP contribution < -0.4 is 9.80 Å². The molecule has 1 unspecified atom stereocenters. The zero-order valence-corrected chi connectivity index (χ0v) is 22.5. The van der Waals surface area contributed by atoms with Crippen molar-refractivity contribution >= 4 is 58.4 Å². The van der Waals surface area contributed by atoms with Crippen molar-refractivity contribution < 1.29 is 0 Å². The van der Waals surface area contributed by atoms with Gasteiger partial charge in [0, 0.05) is 36.3 Å². The lowest BCUT2D eigenvalue weighted by Gasteiger charge is -2.39. The van der Waals surface area contributed by atoms with Gasteiger partial charge in [0.05, 0.1) is 16.7 Å². The first kappa shape index (κ1) is 23.8. The summed E-state index contributed by atoms with van der Waals surface area (Å²) in [4.78, 5) is 8.57. The highest BCUT2D eigenvalue weighted by Crippen LogP contribution is 2.46. The Morgan fingerprint density at radius 2 is 1.48 bits per heavy atom. The molecule has 0 bridgehead atoms. The van der Waals surface area contributed by atoms with Gasteiger partial charge in [-0.15, -0.1) is 24.0 Å². The van der Waals surface area contributed by atoms with Gasteiger partial charge in [0.25, 0.3) is 0 Å². The van der Waals surface area contributed by atoms with E-state index in [0.29, 0.717) is 0 Å². The smallest absolute Gasteiger partial charge is 0.114 e. The van der Waals surface area contributed by atoms with Gasteiger partial charge >= 0.3 is 0 Å². The third-order valence-electron chi connectivity index (χ3n) is 6.27. The summed E-state index contributed by atoms with van der Waals surface area (Å²) in [7, 11) is 2.20. The Kier molecular flexibility index (Phi) is 7.39. The normalized spacial score (nSPS) is 17.8. The molecule has 3 aromatic rings. The van der Waals surface area contributed by atoms with E-state index in [1.165, 1.54) is 38.9 Å². The summed E-state index contributed by atoms with van der Waals surface area (Å²) in [5.41, 5.74) is 6.29. The van der Waals surface area contributed by atoms with Crippen LogP contribution in [0.2, 0.25) is 0 Å². The fraction of sp³-hybridized carbons (Fsp3) is 0.214. The number of likely N-dealkylation sites (N-methyl/N-ethyl adjacent to an activating group) is 1. The molecule has 0 amide bonds. The molecule has 3 aromatic carbocycles. The highest BCUT2D eigenvalue weighted by molar-refractivity contribution is 14.0. The number of thioether (sulfide) groups is 1. The molecule has 0 aromatic heterocycles. The van der Waals surface area contributed by atoms with Crippen molar-refractivity contribution in [1.29, 1.82) is 0 Å². The van der Waals surface area contributed by atoms with Gasteiger partial charge in [0.1, 0.15) is 5.82 Å². The van der Waals surface area contributed by atoms with Crippen LogP contribution in [-0.2, 0) is 0 Å². The minimum Gasteiger partial charge on any atom is -0.358 e. The summed E-state index contributed by atoms with van der Waals surface area (Å²) in [6.07, 6.45) is 4.80. The molecule has 3 nitrogen and oxygen atoms in total. The molecule has 2 heterocycles. The average Bonchev–Trinajstić information content (AvgIpc) is 3.16. The Bertz CT molecular complexity index is 1170. The topological polar surface area (TPSA) is 9.72 Å². The molecule has 0 fully saturated rings. The third-order valence-corrected chi connectivity index (χ3v) is 7.56. The number of para-hydroxylation sites is 3. The molecule has 0 radical (unpaired) electrons. The SMILES string of the molecule is CCN(CC)C1=CC(=CC2Sc3ccccc3N2C)c2ccccc2N1c1ccccc1.I. The number of hydrogen-bond donors (Lipinski definition) is 0. The molecular weight excluding hydrogens is 537 g/mol. The van der Waals surface area contributed by atoms with Crippen molar-refractivity contribution in [3.05, 3.63) is 102 Å². The number of allylic oxidation sites excluding steroid dienone is 2. The van der Waals surface area contributed by atoms with Crippen LogP contribution in [0, 0.1) is 0 Å². The Morgan fingerprint density at radius 3 is 2.18 bits per heavy atom. The lowest BCUT2D eigenvalue weighted by atomic mass is 9.97. The molecule has 0 saturated heterocycles. The zero-order valence-electron chi connectivity index (χ0n) is 19.3. The van der Waals surface area contributed by atoms with Crippen LogP contribution in [0.15, 0.2) is 102 Å². The Balaban J connectivity index is 0.00000259. The van der Waals surface area contributed by atoms with Crippen LogP contribution in [-0.4, -0.2) is 30.4 Å². The number of benzene rings is 3. The van der Waals surface area contributed by atoms with Gasteiger partial charge in [-0.05, 0) is 61.9 Å². The van der Waals surface area contributed by atoms with Gasteiger partial charge in [-0.1, -0.05) is 60.3 Å². The van der Waals surface area contributed by atoms with E-state index < -0.39 is 0 Å². The fourth-order valence-electron chi connectivity index (χ4n) is 4.58. The zero-order chi connectivity index (χ0) is 22.1. The standard InChI is InChI=1S/C28H29N3S.HI/c1-4-30(5-2)27-19-21(20-28-29(3)25-17-11-12-18-26(25)32-28)23-15-9-10-16-24(23)31(27)22-13-7-6-8-14-22;/h6-20,28H,4-5H2,1-3H3;1H. The lowest BCUT2D eigenvalue weighted by Crippen LogP contribution is -2.35. The second-order valence-electron chi connectivity index (χ2n) is 8.07. The molecule has 0 spiro atoms. The Hall–Kier alpha value is -2.38. The molecule has 5 rings (SSSR count). The van der Waals surface area contributed by atoms with Gasteiger partial charge < -0.3 is 9.80 Å². The molecule has 0 N–H and O–H groups in total. The molecule has 1 atom stereocenters. The van der Waals surface area contributed by atoms with Crippen LogP contribution in [0.5, 0.6) is 0 Å². The van der Waals surface area contributed by atoms with Gasteiger partial charge in [0.2, 0.25) is 0 Å². The maximum atomic E-state index is 2.44. The third kappa shape index (κ3) is 4.41. The molecular formula is C28H30IN3S. The number of rotatable bonds is 5. The van der Waals surface area contributed by atoms with E-state index >= 15 is 0 Å². The summed E-state index contributed by atoms with van der Waals surface area (Å²) in [6.45, 7) is 6.39. The molecule has 33 heavy (non-hydrogen) atoms. The number of anilines is 3. The van der Waals surface area contributed by atoms with E-state index in [1.54, 1.807) is 0 Å². The molecule has 0 aliphatic carbocycles. The average molecular weight is 568 g/mol. The summed E-state index contributed by atoms with van der Waals surface area (Å²) >= 11 is 1.92. The first-order chi connectivity index (χ1) is 15.7. The van der Waals surface area contributed by atoms with E-state index in [1.807, 2.05) is 11.8 Å². The number of fused-ring (bicyclic) bond motifs is 2. The summed E-state index contributed by atoms with van der Waals surface area (Å²) in [5.74, 6) is 1.23. The van der Waals surface area contributed by atoms with Crippen molar-refractivity contribution in [3.63, 3.8) is 0 Å². The first-order valence-corrected chi connectivity index (χ1v) is 12.2. The number of hydrogen-bond acceptors (Lipinski definition) is 4. The van der Waals surface area contributed by atoms with Crippen molar-refractivity contribution in [1.82, 2.24) is 4.90 Å². The highest BCUT2D eigenvalue weighted by Gasteiger charge is 2.30. The monoisotopic (exact) mass is 567 g/mol. The fourth-order valence-corrected chi connectivity index (χ4v) is 5.81. The van der Waals surface area contributed by atoms with Crippen molar-refractivity contribution in [2.45, 2.75) is 24.1 Å². The van der Waals surface area contributed by atoms with Gasteiger partial charge in [-0.25, -0.2) is 0 Å². The van der Waals surface area contributed by atoms with Crippen molar-refractivity contribution in [2.24, 2.45) is 0 Å². The minimum atomic E-state index is 0. The Labute approximate surface area is 218 Å². The first-order valence-electron chi connectivity index (χ1n) is 11.3. The maximum Gasteiger partial charge on any atom is 0.114 e. The van der Waals surface area contributed by atoms with Crippen LogP contribution >= 0.6 is 35.7 Å². The van der Waals surface area contributed by atoms with Gasteiger partial charge in [-0.2, -0.15) is 0 Å². The summed E-state index contributed by atoms with van der Waals surface area (Å²) in [5, 5.41) is 0.271. The predicted molar refractivity (Wildman–Crippen MR) is 154 cm³/mol. The highest BCUT2D eigenvalue weighted by atomic mass is 127. The lowest BCUT2D eigenvalue weighted by molar-refractivity contribution is 0.376. The number of nitrogens with zero attached hydrogens (tertiary/aromatic N) is 3. The molecule has 170 valence electrons. The molecule has 5 heteroatoms. The van der Waals surface area contributed by atoms with E-state index in [-0.39, 0.29) is 29.4 Å². The van der Waals surface area contributed by atoms with E-state index in [9.17, 15) is 0 Å². The second-order valence-corrected chi connectivity index (χ2v) is 9.23. The quantitative estimate of drug-likeness (QED) is 0.294. The minimum absolute atomic E-state index is 0. The summed E-state index contributed by atoms with van der Waals surface area (Å²) < 4.78 is 0.